The Kier molecular flexibility index (Phi) is 5.55. The third-order valence-corrected chi connectivity index (χ3v) is 7.77. The zero-order chi connectivity index (χ0) is 16.9. The second kappa shape index (κ2) is 7.83. The van der Waals surface area contributed by atoms with Crippen molar-refractivity contribution in [2.75, 3.05) is 0 Å². The molecule has 0 aliphatic heterocycles. The van der Waals surface area contributed by atoms with Gasteiger partial charge in [-0.25, -0.2) is 0 Å². The Labute approximate surface area is 154 Å². The molecule has 0 atom stereocenters. The molecule has 0 heterocycles. The molecule has 0 aromatic heterocycles. The second-order valence-electron chi connectivity index (χ2n) is 5.27. The van der Waals surface area contributed by atoms with Crippen LogP contribution in [0, 0.1) is 6.92 Å². The number of carboxylic acid groups (broad SMARTS) is 1. The van der Waals surface area contributed by atoms with E-state index < -0.39 is 5.97 Å². The van der Waals surface area contributed by atoms with Crippen LogP contribution >= 0.6 is 0 Å². The number of aryl methyl sites for hydroxylation is 1. The Morgan fingerprint density at radius 2 is 1.21 bits per heavy atom. The van der Waals surface area contributed by atoms with Crippen molar-refractivity contribution in [2.45, 2.75) is 6.92 Å². The summed E-state index contributed by atoms with van der Waals surface area (Å²) in [5.41, 5.74) is 1.62. The predicted molar refractivity (Wildman–Crippen MR) is 101 cm³/mol. The molecule has 0 bridgehead atoms. The molecule has 0 spiro atoms. The van der Waals surface area contributed by atoms with Gasteiger partial charge in [-0.15, -0.1) is 0 Å². The SMILES string of the molecule is Cc1cc([Se]c2ccccc2)c(C(=O)O)c([Se]c2ccccc2)c1. The van der Waals surface area contributed by atoms with E-state index in [-0.39, 0.29) is 29.9 Å². The second-order valence-corrected chi connectivity index (χ2v) is 9.95. The van der Waals surface area contributed by atoms with Crippen molar-refractivity contribution in [1.82, 2.24) is 0 Å². The molecule has 3 aromatic carbocycles. The van der Waals surface area contributed by atoms with Gasteiger partial charge in [-0.2, -0.15) is 0 Å². The fourth-order valence-corrected chi connectivity index (χ4v) is 7.23. The van der Waals surface area contributed by atoms with Crippen molar-refractivity contribution in [3.8, 4) is 0 Å². The van der Waals surface area contributed by atoms with Gasteiger partial charge in [-0.1, -0.05) is 0 Å². The van der Waals surface area contributed by atoms with Crippen LogP contribution in [0.5, 0.6) is 0 Å². The Morgan fingerprint density at radius 1 is 0.792 bits per heavy atom. The molecule has 0 fully saturated rings. The van der Waals surface area contributed by atoms with E-state index in [4.69, 9.17) is 0 Å². The summed E-state index contributed by atoms with van der Waals surface area (Å²) in [6.07, 6.45) is 0. The molecule has 0 radical (unpaired) electrons. The van der Waals surface area contributed by atoms with Crippen molar-refractivity contribution >= 4 is 53.7 Å². The predicted octanol–water partition coefficient (Wildman–Crippen LogP) is 1.00. The minimum absolute atomic E-state index is 0.0114. The molecule has 24 heavy (non-hydrogen) atoms. The molecule has 0 unspecified atom stereocenters. The standard InChI is InChI=1S/C20H16O2Se2/c1-14-12-17(23-15-8-4-2-5-9-15)19(20(21)22)18(13-14)24-16-10-6-3-7-11-16/h2-13H,1H3,(H,21,22). The Morgan fingerprint density at radius 3 is 1.58 bits per heavy atom. The van der Waals surface area contributed by atoms with Crippen LogP contribution < -0.4 is 17.8 Å². The van der Waals surface area contributed by atoms with Crippen molar-refractivity contribution in [3.05, 3.63) is 83.9 Å². The van der Waals surface area contributed by atoms with Crippen molar-refractivity contribution in [1.29, 1.82) is 0 Å². The molecular weight excluding hydrogens is 430 g/mol. The van der Waals surface area contributed by atoms with E-state index in [1.807, 2.05) is 55.5 Å². The van der Waals surface area contributed by atoms with Crippen LogP contribution in [-0.2, 0) is 0 Å². The van der Waals surface area contributed by atoms with Gasteiger partial charge in [-0.05, 0) is 0 Å². The molecule has 3 aromatic rings. The average molecular weight is 446 g/mol. The molecular formula is C20H16O2Se2. The van der Waals surface area contributed by atoms with Gasteiger partial charge in [0.05, 0.1) is 0 Å². The van der Waals surface area contributed by atoms with Crippen LogP contribution in [0.15, 0.2) is 72.8 Å². The van der Waals surface area contributed by atoms with Crippen molar-refractivity contribution in [3.63, 3.8) is 0 Å². The van der Waals surface area contributed by atoms with Gasteiger partial charge in [0.2, 0.25) is 0 Å². The number of hydrogen-bond donors (Lipinski definition) is 1. The van der Waals surface area contributed by atoms with E-state index >= 15 is 0 Å². The summed E-state index contributed by atoms with van der Waals surface area (Å²) in [5, 5.41) is 9.81. The van der Waals surface area contributed by atoms with Crippen molar-refractivity contribution in [2.24, 2.45) is 0 Å². The van der Waals surface area contributed by atoms with Crippen LogP contribution in [0.3, 0.4) is 0 Å². The van der Waals surface area contributed by atoms with Gasteiger partial charge < -0.3 is 0 Å². The van der Waals surface area contributed by atoms with Gasteiger partial charge in [-0.3, -0.25) is 0 Å². The molecule has 3 rings (SSSR count). The molecule has 120 valence electrons. The van der Waals surface area contributed by atoms with Gasteiger partial charge in [0, 0.05) is 0 Å². The summed E-state index contributed by atoms with van der Waals surface area (Å²) in [7, 11) is 0. The molecule has 2 nitrogen and oxygen atoms in total. The fraction of sp³-hybridized carbons (Fsp3) is 0.0500. The van der Waals surface area contributed by atoms with Gasteiger partial charge >= 0.3 is 154 Å². The van der Waals surface area contributed by atoms with Crippen LogP contribution in [0.1, 0.15) is 15.9 Å². The summed E-state index contributed by atoms with van der Waals surface area (Å²) in [5.74, 6) is -0.824. The number of benzene rings is 3. The normalized spacial score (nSPS) is 10.5. The number of carboxylic acids is 1. The van der Waals surface area contributed by atoms with E-state index in [0.29, 0.717) is 5.56 Å². The minimum atomic E-state index is -0.824. The van der Waals surface area contributed by atoms with Crippen LogP contribution in [-0.4, -0.2) is 41.0 Å². The average Bonchev–Trinajstić information content (AvgIpc) is 2.56. The monoisotopic (exact) mass is 448 g/mol. The van der Waals surface area contributed by atoms with E-state index in [1.54, 1.807) is 0 Å². The number of carbonyl (C=O) groups is 1. The first-order valence-corrected chi connectivity index (χ1v) is 10.9. The maximum atomic E-state index is 12.0. The summed E-state index contributed by atoms with van der Waals surface area (Å²) in [6.45, 7) is 2.04. The van der Waals surface area contributed by atoms with Crippen LogP contribution in [0.2, 0.25) is 0 Å². The molecule has 4 heteroatoms. The number of rotatable bonds is 5. The molecule has 0 saturated carbocycles. The van der Waals surface area contributed by atoms with Crippen LogP contribution in [0.4, 0.5) is 0 Å². The Bertz CT molecular complexity index is 784. The summed E-state index contributed by atoms with van der Waals surface area (Å²) >= 11 is -0.0228. The van der Waals surface area contributed by atoms with Crippen LogP contribution in [0.25, 0.3) is 0 Å². The fourth-order valence-electron chi connectivity index (χ4n) is 2.32. The quantitative estimate of drug-likeness (QED) is 0.595. The molecule has 0 amide bonds. The molecule has 0 aliphatic rings. The first-order valence-electron chi connectivity index (χ1n) is 7.47. The Balaban J connectivity index is 2.04. The maximum absolute atomic E-state index is 12.0. The first-order chi connectivity index (χ1) is 11.6. The third kappa shape index (κ3) is 4.17. The number of aromatic carboxylic acids is 1. The van der Waals surface area contributed by atoms with E-state index in [0.717, 1.165) is 14.5 Å². The Hall–Kier alpha value is -1.83. The third-order valence-electron chi connectivity index (χ3n) is 3.37. The first kappa shape index (κ1) is 17.0. The van der Waals surface area contributed by atoms with Gasteiger partial charge in [0.1, 0.15) is 0 Å². The molecule has 0 aliphatic carbocycles. The van der Waals surface area contributed by atoms with Gasteiger partial charge in [0.25, 0.3) is 0 Å². The summed E-state index contributed by atoms with van der Waals surface area (Å²) in [6, 6.07) is 24.3. The topological polar surface area (TPSA) is 37.3 Å². The number of hydrogen-bond acceptors (Lipinski definition) is 1. The molecule has 1 N–H and O–H groups in total. The zero-order valence-corrected chi connectivity index (χ0v) is 16.5. The van der Waals surface area contributed by atoms with Gasteiger partial charge in [0.15, 0.2) is 0 Å². The molecule has 0 saturated heterocycles. The van der Waals surface area contributed by atoms with E-state index in [2.05, 4.69) is 24.3 Å². The summed E-state index contributed by atoms with van der Waals surface area (Å²) in [4.78, 5) is 12.0. The zero-order valence-electron chi connectivity index (χ0n) is 13.1. The van der Waals surface area contributed by atoms with E-state index in [9.17, 15) is 9.90 Å². The van der Waals surface area contributed by atoms with Crippen molar-refractivity contribution < 1.29 is 9.90 Å². The summed E-state index contributed by atoms with van der Waals surface area (Å²) < 4.78 is 4.29. The van der Waals surface area contributed by atoms with E-state index in [1.165, 1.54) is 8.92 Å².